The van der Waals surface area contributed by atoms with Crippen molar-refractivity contribution < 1.29 is 18.7 Å². The third kappa shape index (κ3) is 3.83. The van der Waals surface area contributed by atoms with Crippen LogP contribution in [0.5, 0.6) is 0 Å². The average Bonchev–Trinajstić information content (AvgIpc) is 3.41. The van der Waals surface area contributed by atoms with Crippen molar-refractivity contribution in [3.8, 4) is 0 Å². The Morgan fingerprint density at radius 1 is 1.39 bits per heavy atom. The fourth-order valence-corrected chi connectivity index (χ4v) is 4.26. The maximum Gasteiger partial charge on any atom is 0.337 e. The van der Waals surface area contributed by atoms with Gasteiger partial charge in [-0.2, -0.15) is 0 Å². The molecule has 3 heterocycles. The highest BCUT2D eigenvalue weighted by Crippen LogP contribution is 2.24. The van der Waals surface area contributed by atoms with Crippen LogP contribution in [0.2, 0.25) is 0 Å². The summed E-state index contributed by atoms with van der Waals surface area (Å²) < 4.78 is 17.5. The Labute approximate surface area is 165 Å². The molecule has 0 bridgehead atoms. The molecule has 0 spiro atoms. The van der Waals surface area contributed by atoms with Gasteiger partial charge in [0.25, 0.3) is 5.56 Å². The zero-order valence-corrected chi connectivity index (χ0v) is 16.2. The number of hydrogen-bond donors (Lipinski definition) is 0. The molecule has 2 aromatic heterocycles. The van der Waals surface area contributed by atoms with Gasteiger partial charge in [0.05, 0.1) is 42.5 Å². The van der Waals surface area contributed by atoms with E-state index in [1.165, 1.54) is 18.9 Å². The van der Waals surface area contributed by atoms with Crippen LogP contribution in [-0.4, -0.2) is 41.1 Å². The summed E-state index contributed by atoms with van der Waals surface area (Å²) in [5, 5.41) is 1.02. The lowest BCUT2D eigenvalue weighted by Crippen LogP contribution is -2.24. The van der Waals surface area contributed by atoms with Crippen LogP contribution in [0.3, 0.4) is 0 Å². The van der Waals surface area contributed by atoms with Gasteiger partial charge in [0.1, 0.15) is 5.76 Å². The van der Waals surface area contributed by atoms with Gasteiger partial charge in [-0.15, -0.1) is 0 Å². The van der Waals surface area contributed by atoms with E-state index in [0.717, 1.165) is 19.4 Å². The SMILES string of the molecule is COC(=O)c1ccc2c(=O)n(Cc3ccco3)c(SC[C@@H]3CCCO3)nc2c1. The molecule has 0 saturated carbocycles. The van der Waals surface area contributed by atoms with Gasteiger partial charge in [-0.1, -0.05) is 11.8 Å². The largest absolute Gasteiger partial charge is 0.467 e. The van der Waals surface area contributed by atoms with Crippen molar-refractivity contribution in [2.45, 2.75) is 30.6 Å². The average molecular weight is 400 g/mol. The Morgan fingerprint density at radius 2 is 2.29 bits per heavy atom. The normalized spacial score (nSPS) is 16.5. The topological polar surface area (TPSA) is 83.6 Å². The molecule has 0 unspecified atom stereocenters. The molecule has 1 fully saturated rings. The Morgan fingerprint density at radius 3 is 3.00 bits per heavy atom. The van der Waals surface area contributed by atoms with Crippen LogP contribution in [-0.2, 0) is 16.0 Å². The number of thioether (sulfide) groups is 1. The Bertz CT molecular complexity index is 1040. The van der Waals surface area contributed by atoms with Crippen LogP contribution in [0, 0.1) is 0 Å². The summed E-state index contributed by atoms with van der Waals surface area (Å²) in [6.45, 7) is 1.07. The van der Waals surface area contributed by atoms with Gasteiger partial charge in [-0.3, -0.25) is 9.36 Å². The van der Waals surface area contributed by atoms with E-state index in [1.807, 2.05) is 6.07 Å². The predicted octanol–water partition coefficient (Wildman–Crippen LogP) is 3.10. The molecule has 0 amide bonds. The molecule has 7 nitrogen and oxygen atoms in total. The van der Waals surface area contributed by atoms with Crippen LogP contribution in [0.4, 0.5) is 0 Å². The summed E-state index contributed by atoms with van der Waals surface area (Å²) in [6.07, 6.45) is 3.81. The van der Waals surface area contributed by atoms with E-state index in [1.54, 1.807) is 35.1 Å². The number of esters is 1. The third-order valence-corrected chi connectivity index (χ3v) is 5.77. The van der Waals surface area contributed by atoms with E-state index in [0.29, 0.717) is 39.7 Å². The highest BCUT2D eigenvalue weighted by atomic mass is 32.2. The second kappa shape index (κ2) is 8.20. The molecule has 0 aliphatic carbocycles. The van der Waals surface area contributed by atoms with Crippen LogP contribution in [0.25, 0.3) is 10.9 Å². The van der Waals surface area contributed by atoms with Crippen LogP contribution >= 0.6 is 11.8 Å². The lowest BCUT2D eigenvalue weighted by atomic mass is 10.1. The molecule has 146 valence electrons. The molecule has 0 radical (unpaired) electrons. The van der Waals surface area contributed by atoms with Crippen molar-refractivity contribution in [2.24, 2.45) is 0 Å². The van der Waals surface area contributed by atoms with Gasteiger partial charge in [0.15, 0.2) is 5.16 Å². The van der Waals surface area contributed by atoms with Crippen LogP contribution in [0.15, 0.2) is 51.0 Å². The number of rotatable bonds is 6. The second-order valence-electron chi connectivity index (χ2n) is 6.53. The third-order valence-electron chi connectivity index (χ3n) is 4.66. The van der Waals surface area contributed by atoms with Crippen LogP contribution in [0.1, 0.15) is 29.0 Å². The number of nitrogens with zero attached hydrogens (tertiary/aromatic N) is 2. The number of aromatic nitrogens is 2. The summed E-state index contributed by atoms with van der Waals surface area (Å²) in [5.41, 5.74) is 0.659. The Kier molecular flexibility index (Phi) is 5.50. The zero-order valence-electron chi connectivity index (χ0n) is 15.4. The first-order valence-corrected chi connectivity index (χ1v) is 10.0. The smallest absolute Gasteiger partial charge is 0.337 e. The summed E-state index contributed by atoms with van der Waals surface area (Å²) in [6, 6.07) is 8.40. The molecule has 8 heteroatoms. The molecule has 1 aromatic carbocycles. The lowest BCUT2D eigenvalue weighted by Gasteiger charge is -2.14. The number of methoxy groups -OCH3 is 1. The minimum absolute atomic E-state index is 0.163. The summed E-state index contributed by atoms with van der Waals surface area (Å²) >= 11 is 1.48. The number of furan rings is 1. The lowest BCUT2D eigenvalue weighted by molar-refractivity contribution is 0.0601. The van der Waals surface area contributed by atoms with Crippen molar-refractivity contribution in [2.75, 3.05) is 19.5 Å². The fourth-order valence-electron chi connectivity index (χ4n) is 3.20. The Balaban J connectivity index is 1.76. The zero-order chi connectivity index (χ0) is 19.5. The van der Waals surface area contributed by atoms with Gasteiger partial charge in [-0.25, -0.2) is 9.78 Å². The monoisotopic (exact) mass is 400 g/mol. The minimum Gasteiger partial charge on any atom is -0.467 e. The first kappa shape index (κ1) is 18.8. The highest BCUT2D eigenvalue weighted by Gasteiger charge is 2.19. The van der Waals surface area contributed by atoms with E-state index < -0.39 is 5.97 Å². The maximum atomic E-state index is 13.1. The first-order valence-electron chi connectivity index (χ1n) is 9.05. The van der Waals surface area contributed by atoms with Gasteiger partial charge < -0.3 is 13.9 Å². The summed E-state index contributed by atoms with van der Waals surface area (Å²) in [7, 11) is 1.32. The van der Waals surface area contributed by atoms with Crippen molar-refractivity contribution in [3.05, 3.63) is 58.3 Å². The predicted molar refractivity (Wildman–Crippen MR) is 105 cm³/mol. The van der Waals surface area contributed by atoms with Gasteiger partial charge >= 0.3 is 5.97 Å². The van der Waals surface area contributed by atoms with Gasteiger partial charge in [-0.05, 0) is 43.2 Å². The van der Waals surface area contributed by atoms with E-state index in [2.05, 4.69) is 4.98 Å². The number of hydrogen-bond acceptors (Lipinski definition) is 7. The molecule has 0 N–H and O–H groups in total. The number of ether oxygens (including phenoxy) is 2. The highest BCUT2D eigenvalue weighted by molar-refractivity contribution is 7.99. The summed E-state index contributed by atoms with van der Waals surface area (Å²) in [5.74, 6) is 0.928. The molecule has 1 aliphatic rings. The number of carbonyl (C=O) groups is 1. The van der Waals surface area contributed by atoms with Crippen LogP contribution < -0.4 is 5.56 Å². The quantitative estimate of drug-likeness (QED) is 0.357. The first-order chi connectivity index (χ1) is 13.7. The summed E-state index contributed by atoms with van der Waals surface area (Å²) in [4.78, 5) is 29.7. The molecular formula is C20H20N2O5S. The van der Waals surface area contributed by atoms with E-state index >= 15 is 0 Å². The second-order valence-corrected chi connectivity index (χ2v) is 7.52. The fraction of sp³-hybridized carbons (Fsp3) is 0.350. The van der Waals surface area contributed by atoms with Gasteiger partial charge in [0, 0.05) is 12.4 Å². The molecule has 1 atom stereocenters. The molecule has 1 saturated heterocycles. The van der Waals surface area contributed by atoms with Crippen molar-refractivity contribution >= 4 is 28.6 Å². The molecule has 28 heavy (non-hydrogen) atoms. The van der Waals surface area contributed by atoms with Crippen molar-refractivity contribution in [1.29, 1.82) is 0 Å². The van der Waals surface area contributed by atoms with Gasteiger partial charge in [0.2, 0.25) is 0 Å². The van der Waals surface area contributed by atoms with Crippen molar-refractivity contribution in [1.82, 2.24) is 9.55 Å². The molecule has 4 rings (SSSR count). The molecule has 1 aliphatic heterocycles. The number of benzene rings is 1. The standard InChI is InChI=1S/C20H20N2O5S/c1-25-19(24)13-6-7-16-17(10-13)21-20(28-12-15-5-3-9-27-15)22(18(16)23)11-14-4-2-8-26-14/h2,4,6-8,10,15H,3,5,9,11-12H2,1H3/t15-/m0/s1. The van der Waals surface area contributed by atoms with E-state index in [-0.39, 0.29) is 11.7 Å². The number of carbonyl (C=O) groups excluding carboxylic acids is 1. The van der Waals surface area contributed by atoms with Crippen molar-refractivity contribution in [3.63, 3.8) is 0 Å². The Hall–Kier alpha value is -2.58. The van der Waals surface area contributed by atoms with E-state index in [4.69, 9.17) is 13.9 Å². The number of fused-ring (bicyclic) bond motifs is 1. The minimum atomic E-state index is -0.461. The molecule has 3 aromatic rings. The van der Waals surface area contributed by atoms with E-state index in [9.17, 15) is 9.59 Å². The molecular weight excluding hydrogens is 380 g/mol. The maximum absolute atomic E-state index is 13.1.